The molecule has 1 heterocycles. The molecule has 1 fully saturated rings. The molecular formula is C14H21N3O4. The molecule has 2 rings (SSSR count). The Morgan fingerprint density at radius 1 is 1.48 bits per heavy atom. The summed E-state index contributed by atoms with van der Waals surface area (Å²) in [6.07, 6.45) is -0.663. The molecule has 1 aliphatic rings. The second-order valence-corrected chi connectivity index (χ2v) is 5.24. The maximum absolute atomic E-state index is 11.0. The molecule has 21 heavy (non-hydrogen) atoms. The number of aryl methyl sites for hydroxylation is 1. The number of nitrogens with one attached hydrogen (secondary N) is 1. The van der Waals surface area contributed by atoms with E-state index in [1.165, 1.54) is 6.07 Å². The Kier molecular flexibility index (Phi) is 5.49. The average molecular weight is 295 g/mol. The summed E-state index contributed by atoms with van der Waals surface area (Å²) in [7, 11) is 0. The zero-order valence-corrected chi connectivity index (χ0v) is 12.1. The minimum absolute atomic E-state index is 0.0494. The lowest BCUT2D eigenvalue weighted by Crippen LogP contribution is -2.47. The van der Waals surface area contributed by atoms with E-state index in [2.05, 4.69) is 10.2 Å². The molecule has 0 amide bonds. The molecule has 1 saturated heterocycles. The molecule has 1 aliphatic heterocycles. The van der Waals surface area contributed by atoms with Gasteiger partial charge in [-0.05, 0) is 18.6 Å². The number of nitro benzene ring substituents is 1. The van der Waals surface area contributed by atoms with Gasteiger partial charge < -0.3 is 15.2 Å². The number of aliphatic hydroxyl groups excluding tert-OH is 1. The second-order valence-electron chi connectivity index (χ2n) is 5.24. The molecular weight excluding hydrogens is 274 g/mol. The van der Waals surface area contributed by atoms with Gasteiger partial charge in [0.1, 0.15) is 12.7 Å². The number of β-amino-alcohol motifs (C(OH)–C–C–N with tert-alkyl or cyclic N) is 1. The molecule has 0 bridgehead atoms. The molecule has 0 radical (unpaired) electrons. The number of benzene rings is 1. The van der Waals surface area contributed by atoms with Crippen LogP contribution in [0.5, 0.6) is 5.75 Å². The van der Waals surface area contributed by atoms with Crippen molar-refractivity contribution in [2.24, 2.45) is 0 Å². The summed E-state index contributed by atoms with van der Waals surface area (Å²) in [4.78, 5) is 12.7. The van der Waals surface area contributed by atoms with Crippen molar-refractivity contribution in [1.82, 2.24) is 10.2 Å². The maximum atomic E-state index is 11.0. The van der Waals surface area contributed by atoms with E-state index in [0.29, 0.717) is 6.54 Å². The maximum Gasteiger partial charge on any atom is 0.311 e. The highest BCUT2D eigenvalue weighted by Gasteiger charge is 2.18. The van der Waals surface area contributed by atoms with E-state index in [1.54, 1.807) is 19.1 Å². The highest BCUT2D eigenvalue weighted by atomic mass is 16.6. The Hall–Kier alpha value is -1.70. The Balaban J connectivity index is 1.88. The third kappa shape index (κ3) is 4.66. The quantitative estimate of drug-likeness (QED) is 0.588. The standard InChI is InChI=1S/C14H21N3O4/c1-11-2-3-14(13(8-11)17(19)20)21-10-12(18)9-16-6-4-15-5-7-16/h2-3,8,12,15,18H,4-7,9-10H2,1H3. The number of ether oxygens (including phenoxy) is 1. The molecule has 0 aromatic heterocycles. The van der Waals surface area contributed by atoms with Crippen LogP contribution in [0.25, 0.3) is 0 Å². The van der Waals surface area contributed by atoms with Gasteiger partial charge in [0, 0.05) is 38.8 Å². The van der Waals surface area contributed by atoms with Gasteiger partial charge in [0.25, 0.3) is 0 Å². The van der Waals surface area contributed by atoms with E-state index in [4.69, 9.17) is 4.74 Å². The Morgan fingerprint density at radius 3 is 2.86 bits per heavy atom. The van der Waals surface area contributed by atoms with Crippen molar-refractivity contribution in [3.05, 3.63) is 33.9 Å². The molecule has 0 aliphatic carbocycles. The van der Waals surface area contributed by atoms with E-state index < -0.39 is 11.0 Å². The number of aliphatic hydroxyl groups is 1. The van der Waals surface area contributed by atoms with E-state index >= 15 is 0 Å². The van der Waals surface area contributed by atoms with E-state index in [1.807, 2.05) is 0 Å². The molecule has 7 nitrogen and oxygen atoms in total. The number of nitrogens with zero attached hydrogens (tertiary/aromatic N) is 2. The molecule has 0 spiro atoms. The van der Waals surface area contributed by atoms with Crippen LogP contribution in [0.2, 0.25) is 0 Å². The average Bonchev–Trinajstić information content (AvgIpc) is 2.47. The third-order valence-electron chi connectivity index (χ3n) is 3.42. The summed E-state index contributed by atoms with van der Waals surface area (Å²) in [6, 6.07) is 4.80. The fourth-order valence-corrected chi connectivity index (χ4v) is 2.32. The number of piperazine rings is 1. The van der Waals surface area contributed by atoms with Crippen LogP contribution in [-0.4, -0.2) is 60.4 Å². The first kappa shape index (κ1) is 15.7. The van der Waals surface area contributed by atoms with Gasteiger partial charge in [-0.2, -0.15) is 0 Å². The predicted octanol–water partition coefficient (Wildman–Crippen LogP) is 0.548. The summed E-state index contributed by atoms with van der Waals surface area (Å²) in [5.41, 5.74) is 0.736. The zero-order valence-electron chi connectivity index (χ0n) is 12.1. The summed E-state index contributed by atoms with van der Waals surface area (Å²) < 4.78 is 5.42. The molecule has 0 saturated carbocycles. The third-order valence-corrected chi connectivity index (χ3v) is 3.42. The number of hydrogen-bond acceptors (Lipinski definition) is 6. The van der Waals surface area contributed by atoms with Gasteiger partial charge in [-0.25, -0.2) is 0 Å². The SMILES string of the molecule is Cc1ccc(OCC(O)CN2CCNCC2)c([N+](=O)[O-])c1. The highest BCUT2D eigenvalue weighted by molar-refractivity contribution is 5.48. The number of rotatable bonds is 6. The summed E-state index contributed by atoms with van der Waals surface area (Å²) in [5, 5.41) is 24.2. The lowest BCUT2D eigenvalue weighted by Gasteiger charge is -2.28. The molecule has 2 N–H and O–H groups in total. The van der Waals surface area contributed by atoms with Crippen LogP contribution in [0.4, 0.5) is 5.69 Å². The predicted molar refractivity (Wildman–Crippen MR) is 78.6 cm³/mol. The van der Waals surface area contributed by atoms with Crippen molar-refractivity contribution in [2.45, 2.75) is 13.0 Å². The van der Waals surface area contributed by atoms with Crippen LogP contribution in [0, 0.1) is 17.0 Å². The fraction of sp³-hybridized carbons (Fsp3) is 0.571. The van der Waals surface area contributed by atoms with Crippen molar-refractivity contribution < 1.29 is 14.8 Å². The van der Waals surface area contributed by atoms with Crippen LogP contribution < -0.4 is 10.1 Å². The minimum atomic E-state index is -0.663. The van der Waals surface area contributed by atoms with Crippen LogP contribution in [0.3, 0.4) is 0 Å². The van der Waals surface area contributed by atoms with Crippen LogP contribution in [0.15, 0.2) is 18.2 Å². The van der Waals surface area contributed by atoms with Crippen LogP contribution >= 0.6 is 0 Å². The van der Waals surface area contributed by atoms with Gasteiger partial charge in [-0.1, -0.05) is 6.07 Å². The van der Waals surface area contributed by atoms with Gasteiger partial charge in [0.05, 0.1) is 4.92 Å². The lowest BCUT2D eigenvalue weighted by molar-refractivity contribution is -0.386. The number of nitro groups is 1. The smallest absolute Gasteiger partial charge is 0.311 e. The van der Waals surface area contributed by atoms with Crippen molar-refractivity contribution in [3.63, 3.8) is 0 Å². The normalized spacial score (nSPS) is 17.4. The zero-order chi connectivity index (χ0) is 15.2. The van der Waals surface area contributed by atoms with Gasteiger partial charge in [0.2, 0.25) is 0 Å². The van der Waals surface area contributed by atoms with Crippen molar-refractivity contribution in [3.8, 4) is 5.75 Å². The molecule has 1 aromatic rings. The van der Waals surface area contributed by atoms with E-state index in [0.717, 1.165) is 31.7 Å². The molecule has 1 aromatic carbocycles. The van der Waals surface area contributed by atoms with Crippen LogP contribution in [-0.2, 0) is 0 Å². The minimum Gasteiger partial charge on any atom is -0.484 e. The first-order chi connectivity index (χ1) is 10.1. The van der Waals surface area contributed by atoms with Crippen molar-refractivity contribution >= 4 is 5.69 Å². The van der Waals surface area contributed by atoms with Gasteiger partial charge in [-0.15, -0.1) is 0 Å². The Labute approximate surface area is 123 Å². The van der Waals surface area contributed by atoms with Gasteiger partial charge in [0.15, 0.2) is 5.75 Å². The molecule has 116 valence electrons. The van der Waals surface area contributed by atoms with Crippen molar-refractivity contribution in [2.75, 3.05) is 39.3 Å². The topological polar surface area (TPSA) is 87.9 Å². The summed E-state index contributed by atoms with van der Waals surface area (Å²) in [5.74, 6) is 0.199. The Bertz CT molecular complexity index is 489. The fourth-order valence-electron chi connectivity index (χ4n) is 2.32. The first-order valence-electron chi connectivity index (χ1n) is 7.05. The molecule has 1 unspecified atom stereocenters. The van der Waals surface area contributed by atoms with E-state index in [-0.39, 0.29) is 18.0 Å². The second kappa shape index (κ2) is 7.35. The van der Waals surface area contributed by atoms with E-state index in [9.17, 15) is 15.2 Å². The molecule has 1 atom stereocenters. The van der Waals surface area contributed by atoms with Crippen LogP contribution in [0.1, 0.15) is 5.56 Å². The summed E-state index contributed by atoms with van der Waals surface area (Å²) in [6.45, 7) is 5.96. The van der Waals surface area contributed by atoms with Gasteiger partial charge >= 0.3 is 5.69 Å². The molecule has 7 heteroatoms. The Morgan fingerprint density at radius 2 is 2.19 bits per heavy atom. The number of hydrogen-bond donors (Lipinski definition) is 2. The van der Waals surface area contributed by atoms with Gasteiger partial charge in [-0.3, -0.25) is 15.0 Å². The highest BCUT2D eigenvalue weighted by Crippen LogP contribution is 2.27. The largest absolute Gasteiger partial charge is 0.484 e. The monoisotopic (exact) mass is 295 g/mol. The summed E-state index contributed by atoms with van der Waals surface area (Å²) >= 11 is 0. The lowest BCUT2D eigenvalue weighted by atomic mass is 10.2. The van der Waals surface area contributed by atoms with Crippen molar-refractivity contribution in [1.29, 1.82) is 0 Å². The first-order valence-corrected chi connectivity index (χ1v) is 7.05.